The molecule has 1 atom stereocenters. The Balaban J connectivity index is 2.27. The Morgan fingerprint density at radius 3 is 2.35 bits per heavy atom. The van der Waals surface area contributed by atoms with Gasteiger partial charge in [-0.3, -0.25) is 4.79 Å². The van der Waals surface area contributed by atoms with Gasteiger partial charge in [0.1, 0.15) is 16.7 Å². The first-order chi connectivity index (χ1) is 14.7. The van der Waals surface area contributed by atoms with E-state index in [0.29, 0.717) is 22.4 Å². The molecular weight excluding hydrogens is 404 g/mol. The number of fused-ring (bicyclic) bond motifs is 1. The van der Waals surface area contributed by atoms with Gasteiger partial charge < -0.3 is 33.9 Å². The smallest absolute Gasteiger partial charge is 0.239 e. The number of methoxy groups -OCH3 is 3. The van der Waals surface area contributed by atoms with Gasteiger partial charge in [0.2, 0.25) is 16.9 Å². The van der Waals surface area contributed by atoms with Gasteiger partial charge in [-0.05, 0) is 30.7 Å². The molecule has 0 bridgehead atoms. The van der Waals surface area contributed by atoms with Crippen molar-refractivity contribution in [2.45, 2.75) is 19.4 Å². The maximum atomic E-state index is 13.1. The number of ether oxygens (including phenoxy) is 3. The first-order valence-electron chi connectivity index (χ1n) is 9.37. The van der Waals surface area contributed by atoms with Crippen LogP contribution in [0, 0.1) is 0 Å². The summed E-state index contributed by atoms with van der Waals surface area (Å²) in [5.41, 5.74) is 1.07. The highest BCUT2D eigenvalue weighted by molar-refractivity contribution is 5.91. The van der Waals surface area contributed by atoms with Crippen LogP contribution in [0.15, 0.2) is 45.6 Å². The van der Waals surface area contributed by atoms with Crippen LogP contribution < -0.4 is 19.6 Å². The molecule has 0 saturated carbocycles. The van der Waals surface area contributed by atoms with E-state index < -0.39 is 17.3 Å². The third-order valence-corrected chi connectivity index (χ3v) is 4.98. The van der Waals surface area contributed by atoms with E-state index >= 15 is 0 Å². The van der Waals surface area contributed by atoms with E-state index in [-0.39, 0.29) is 40.4 Å². The number of aliphatic hydroxyl groups excluding tert-OH is 1. The van der Waals surface area contributed by atoms with Crippen LogP contribution in [-0.4, -0.2) is 42.8 Å². The standard InChI is InChI=1S/C23H24O8/c1-11(2)14(24)9-13-8-12(6-7-16(13)28-3)21-23(30-5)20(27)18-17(31-21)10-15(25)22(29-4)19(18)26/h6-8,10,14,24-26H,1,9H2,2-5H3/t14-/m1/s1. The first kappa shape index (κ1) is 22.0. The van der Waals surface area contributed by atoms with Crippen LogP contribution in [0.5, 0.6) is 28.7 Å². The quantitative estimate of drug-likeness (QED) is 0.490. The van der Waals surface area contributed by atoms with E-state index in [2.05, 4.69) is 6.58 Å². The summed E-state index contributed by atoms with van der Waals surface area (Å²) in [5, 5.41) is 30.6. The van der Waals surface area contributed by atoms with Crippen LogP contribution in [-0.2, 0) is 6.42 Å². The number of benzene rings is 2. The summed E-state index contributed by atoms with van der Waals surface area (Å²) in [6.07, 6.45) is -0.540. The molecule has 0 spiro atoms. The van der Waals surface area contributed by atoms with Crippen LogP contribution in [0.3, 0.4) is 0 Å². The molecule has 3 rings (SSSR count). The van der Waals surface area contributed by atoms with Crippen molar-refractivity contribution in [2.24, 2.45) is 0 Å². The van der Waals surface area contributed by atoms with Gasteiger partial charge in [-0.2, -0.15) is 0 Å². The average molecular weight is 428 g/mol. The van der Waals surface area contributed by atoms with Gasteiger partial charge in [0.25, 0.3) is 0 Å². The molecule has 8 heteroatoms. The molecule has 1 aromatic heterocycles. The van der Waals surface area contributed by atoms with E-state index in [1.54, 1.807) is 25.1 Å². The predicted molar refractivity (Wildman–Crippen MR) is 115 cm³/mol. The number of hydrogen-bond acceptors (Lipinski definition) is 8. The highest BCUT2D eigenvalue weighted by atomic mass is 16.5. The van der Waals surface area contributed by atoms with Gasteiger partial charge in [-0.15, -0.1) is 0 Å². The Labute approximate surface area is 178 Å². The van der Waals surface area contributed by atoms with E-state index in [9.17, 15) is 20.1 Å². The van der Waals surface area contributed by atoms with Crippen molar-refractivity contribution in [3.63, 3.8) is 0 Å². The normalized spacial score (nSPS) is 11.9. The molecule has 8 nitrogen and oxygen atoms in total. The molecular formula is C23H24O8. The molecule has 0 amide bonds. The zero-order chi connectivity index (χ0) is 22.9. The van der Waals surface area contributed by atoms with Gasteiger partial charge in [0.05, 0.1) is 27.4 Å². The lowest BCUT2D eigenvalue weighted by Crippen LogP contribution is -2.12. The largest absolute Gasteiger partial charge is 0.504 e. The molecule has 0 aliphatic carbocycles. The highest BCUT2D eigenvalue weighted by Gasteiger charge is 2.24. The third-order valence-electron chi connectivity index (χ3n) is 4.98. The Morgan fingerprint density at radius 1 is 1.10 bits per heavy atom. The second-order valence-corrected chi connectivity index (χ2v) is 7.04. The molecule has 1 heterocycles. The van der Waals surface area contributed by atoms with Gasteiger partial charge in [0, 0.05) is 18.1 Å². The van der Waals surface area contributed by atoms with Gasteiger partial charge >= 0.3 is 0 Å². The maximum Gasteiger partial charge on any atom is 0.239 e. The van der Waals surface area contributed by atoms with Crippen molar-refractivity contribution in [3.8, 4) is 40.1 Å². The summed E-state index contributed by atoms with van der Waals surface area (Å²) in [7, 11) is 4.08. The number of phenols is 2. The Morgan fingerprint density at radius 2 is 1.77 bits per heavy atom. The van der Waals surface area contributed by atoms with Crippen LogP contribution >= 0.6 is 0 Å². The van der Waals surface area contributed by atoms with Gasteiger partial charge in [0.15, 0.2) is 17.3 Å². The molecule has 0 unspecified atom stereocenters. The lowest BCUT2D eigenvalue weighted by molar-refractivity contribution is 0.210. The maximum absolute atomic E-state index is 13.1. The number of rotatable bonds is 7. The fourth-order valence-corrected chi connectivity index (χ4v) is 3.32. The topological polar surface area (TPSA) is 119 Å². The summed E-state index contributed by atoms with van der Waals surface area (Å²) in [6, 6.07) is 6.25. The van der Waals surface area contributed by atoms with E-state index in [1.807, 2.05) is 0 Å². The summed E-state index contributed by atoms with van der Waals surface area (Å²) in [5.74, 6) is -0.658. The van der Waals surface area contributed by atoms with Gasteiger partial charge in [-0.1, -0.05) is 12.2 Å². The summed E-state index contributed by atoms with van der Waals surface area (Å²) in [6.45, 7) is 5.48. The van der Waals surface area contributed by atoms with Crippen LogP contribution in [0.2, 0.25) is 0 Å². The van der Waals surface area contributed by atoms with Crippen molar-refractivity contribution in [2.75, 3.05) is 21.3 Å². The Hall–Kier alpha value is -3.65. The Bertz CT molecular complexity index is 1210. The average Bonchev–Trinajstić information content (AvgIpc) is 2.73. The molecule has 0 fully saturated rings. The summed E-state index contributed by atoms with van der Waals surface area (Å²) < 4.78 is 21.5. The molecule has 0 aliphatic heterocycles. The summed E-state index contributed by atoms with van der Waals surface area (Å²) >= 11 is 0. The molecule has 3 N–H and O–H groups in total. The zero-order valence-corrected chi connectivity index (χ0v) is 17.7. The fourth-order valence-electron chi connectivity index (χ4n) is 3.32. The van der Waals surface area contributed by atoms with Gasteiger partial charge in [-0.25, -0.2) is 0 Å². The summed E-state index contributed by atoms with van der Waals surface area (Å²) in [4.78, 5) is 13.1. The fraction of sp³-hybridized carbons (Fsp3) is 0.261. The van der Waals surface area contributed by atoms with Crippen molar-refractivity contribution in [1.82, 2.24) is 0 Å². The second-order valence-electron chi connectivity index (χ2n) is 7.04. The SMILES string of the molecule is C=C(C)[C@H](O)Cc1cc(-c2oc3cc(O)c(OC)c(O)c3c(=O)c2OC)ccc1OC. The lowest BCUT2D eigenvalue weighted by atomic mass is 9.99. The molecule has 0 aliphatic rings. The van der Waals surface area contributed by atoms with Crippen molar-refractivity contribution >= 4 is 11.0 Å². The predicted octanol–water partition coefficient (Wildman–Crippen LogP) is 3.38. The minimum atomic E-state index is -0.781. The van der Waals surface area contributed by atoms with Crippen molar-refractivity contribution in [3.05, 3.63) is 52.2 Å². The molecule has 164 valence electrons. The minimum Gasteiger partial charge on any atom is -0.504 e. The van der Waals surface area contributed by atoms with Crippen LogP contribution in [0.1, 0.15) is 12.5 Å². The number of aromatic hydroxyl groups is 2. The third kappa shape index (κ3) is 3.89. The second kappa shape index (κ2) is 8.61. The number of hydrogen-bond donors (Lipinski definition) is 3. The minimum absolute atomic E-state index is 0.0454. The van der Waals surface area contributed by atoms with E-state index in [4.69, 9.17) is 18.6 Å². The number of aliphatic hydroxyl groups is 1. The van der Waals surface area contributed by atoms with E-state index in [1.165, 1.54) is 27.4 Å². The van der Waals surface area contributed by atoms with E-state index in [0.717, 1.165) is 0 Å². The highest BCUT2D eigenvalue weighted by Crippen LogP contribution is 2.43. The van der Waals surface area contributed by atoms with Crippen LogP contribution in [0.4, 0.5) is 0 Å². The molecule has 0 radical (unpaired) electrons. The van der Waals surface area contributed by atoms with Crippen molar-refractivity contribution < 1.29 is 33.9 Å². The van der Waals surface area contributed by atoms with Crippen LogP contribution in [0.25, 0.3) is 22.3 Å². The molecule has 0 saturated heterocycles. The molecule has 3 aromatic rings. The molecule has 2 aromatic carbocycles. The monoisotopic (exact) mass is 428 g/mol. The lowest BCUT2D eigenvalue weighted by Gasteiger charge is -2.16. The number of phenolic OH excluding ortho intramolecular Hbond substituents is 2. The molecule has 31 heavy (non-hydrogen) atoms. The zero-order valence-electron chi connectivity index (χ0n) is 17.7. The Kier molecular flexibility index (Phi) is 6.12. The first-order valence-corrected chi connectivity index (χ1v) is 9.37. The van der Waals surface area contributed by atoms with Crippen molar-refractivity contribution in [1.29, 1.82) is 0 Å².